The summed E-state index contributed by atoms with van der Waals surface area (Å²) in [5.41, 5.74) is 1.27. The first-order chi connectivity index (χ1) is 8.04. The molecule has 1 aliphatic rings. The van der Waals surface area contributed by atoms with Crippen molar-refractivity contribution in [1.29, 1.82) is 0 Å². The van der Waals surface area contributed by atoms with Gasteiger partial charge in [-0.3, -0.25) is 9.59 Å². The Kier molecular flexibility index (Phi) is 3.07. The normalized spacial score (nSPS) is 15.6. The van der Waals surface area contributed by atoms with Crippen LogP contribution in [0.3, 0.4) is 0 Å². The fourth-order valence-electron chi connectivity index (χ4n) is 1.83. The predicted octanol–water partition coefficient (Wildman–Crippen LogP) is 2.31. The van der Waals surface area contributed by atoms with Gasteiger partial charge in [0, 0.05) is 23.9 Å². The molecule has 1 saturated heterocycles. The van der Waals surface area contributed by atoms with E-state index in [-0.39, 0.29) is 24.7 Å². The predicted molar refractivity (Wildman–Crippen MR) is 64.5 cm³/mol. The minimum Gasteiger partial charge on any atom is -0.495 e. The summed E-state index contributed by atoms with van der Waals surface area (Å²) in [4.78, 5) is 24.5. The van der Waals surface area contributed by atoms with E-state index < -0.39 is 0 Å². The summed E-state index contributed by atoms with van der Waals surface area (Å²) < 4.78 is 5.16. The molecule has 2 amide bonds. The highest BCUT2D eigenvalue weighted by Crippen LogP contribution is 2.36. The van der Waals surface area contributed by atoms with Gasteiger partial charge in [0.25, 0.3) is 0 Å². The van der Waals surface area contributed by atoms with Gasteiger partial charge in [-0.1, -0.05) is 11.6 Å². The molecule has 1 aromatic carbocycles. The lowest BCUT2D eigenvalue weighted by atomic mass is 10.2. The average molecular weight is 254 g/mol. The van der Waals surface area contributed by atoms with E-state index in [1.54, 1.807) is 12.1 Å². The van der Waals surface area contributed by atoms with Crippen LogP contribution in [-0.4, -0.2) is 18.9 Å². The minimum atomic E-state index is -0.199. The van der Waals surface area contributed by atoms with E-state index >= 15 is 0 Å². The van der Waals surface area contributed by atoms with Crippen LogP contribution >= 0.6 is 11.6 Å². The van der Waals surface area contributed by atoms with Gasteiger partial charge in [0.15, 0.2) is 0 Å². The highest BCUT2D eigenvalue weighted by Gasteiger charge is 2.32. The third-order valence-corrected chi connectivity index (χ3v) is 3.16. The van der Waals surface area contributed by atoms with Crippen molar-refractivity contribution in [1.82, 2.24) is 0 Å². The Morgan fingerprint density at radius 1 is 1.24 bits per heavy atom. The number of anilines is 1. The Labute approximate surface area is 104 Å². The molecule has 1 heterocycles. The van der Waals surface area contributed by atoms with Crippen LogP contribution in [0.25, 0.3) is 0 Å². The number of carbonyl (C=O) groups excluding carboxylic acids is 2. The molecule has 0 spiro atoms. The quantitative estimate of drug-likeness (QED) is 0.760. The summed E-state index contributed by atoms with van der Waals surface area (Å²) in [6.07, 6.45) is 0.507. The number of nitrogens with zero attached hydrogens (tertiary/aromatic N) is 1. The summed E-state index contributed by atoms with van der Waals surface area (Å²) >= 11 is 5.98. The van der Waals surface area contributed by atoms with Crippen molar-refractivity contribution in [2.24, 2.45) is 0 Å². The van der Waals surface area contributed by atoms with Gasteiger partial charge in [-0.25, -0.2) is 4.90 Å². The van der Waals surface area contributed by atoms with E-state index in [0.29, 0.717) is 16.5 Å². The average Bonchev–Trinajstić information content (AvgIpc) is 2.62. The summed E-state index contributed by atoms with van der Waals surface area (Å²) in [5, 5.41) is 0.546. The van der Waals surface area contributed by atoms with E-state index in [1.165, 1.54) is 12.0 Å². The first-order valence-corrected chi connectivity index (χ1v) is 5.62. The maximum absolute atomic E-state index is 11.7. The third kappa shape index (κ3) is 2.00. The molecule has 0 bridgehead atoms. The van der Waals surface area contributed by atoms with Gasteiger partial charge in [0.05, 0.1) is 12.8 Å². The summed E-state index contributed by atoms with van der Waals surface area (Å²) in [6.45, 7) is 1.82. The Balaban J connectivity index is 2.54. The fraction of sp³-hybridized carbons (Fsp3) is 0.333. The molecule has 0 saturated carbocycles. The first kappa shape index (κ1) is 11.9. The van der Waals surface area contributed by atoms with Crippen molar-refractivity contribution in [2.45, 2.75) is 19.8 Å². The maximum atomic E-state index is 11.7. The molecule has 90 valence electrons. The van der Waals surface area contributed by atoms with Crippen LogP contribution in [0, 0.1) is 6.92 Å². The zero-order valence-corrected chi connectivity index (χ0v) is 10.4. The summed E-state index contributed by atoms with van der Waals surface area (Å²) in [7, 11) is 1.48. The zero-order valence-electron chi connectivity index (χ0n) is 9.62. The topological polar surface area (TPSA) is 46.6 Å². The van der Waals surface area contributed by atoms with Crippen LogP contribution in [0.5, 0.6) is 5.75 Å². The number of carbonyl (C=O) groups is 2. The molecule has 0 aliphatic carbocycles. The number of hydrogen-bond acceptors (Lipinski definition) is 3. The fourth-order valence-corrected chi connectivity index (χ4v) is 1.99. The van der Waals surface area contributed by atoms with Crippen molar-refractivity contribution >= 4 is 29.1 Å². The summed E-state index contributed by atoms with van der Waals surface area (Å²) in [5.74, 6) is 0.0363. The molecule has 2 rings (SSSR count). The van der Waals surface area contributed by atoms with Crippen LogP contribution in [0.15, 0.2) is 12.1 Å². The van der Waals surface area contributed by atoms with E-state index in [2.05, 4.69) is 0 Å². The van der Waals surface area contributed by atoms with Crippen LogP contribution in [-0.2, 0) is 9.59 Å². The number of hydrogen-bond donors (Lipinski definition) is 0. The molecule has 4 nitrogen and oxygen atoms in total. The molecule has 0 N–H and O–H groups in total. The Bertz CT molecular complexity index is 483. The second kappa shape index (κ2) is 4.37. The van der Waals surface area contributed by atoms with Gasteiger partial charge >= 0.3 is 0 Å². The number of halogens is 1. The standard InChI is InChI=1S/C12H12ClNO3/c1-7-5-9(10(17-2)6-8(7)13)14-11(15)3-4-12(14)16/h5-6H,3-4H2,1-2H3. The van der Waals surface area contributed by atoms with Gasteiger partial charge in [0.1, 0.15) is 5.75 Å². The second-order valence-corrected chi connectivity index (χ2v) is 4.30. The van der Waals surface area contributed by atoms with Gasteiger partial charge in [-0.15, -0.1) is 0 Å². The van der Waals surface area contributed by atoms with Crippen molar-refractivity contribution in [3.05, 3.63) is 22.7 Å². The van der Waals surface area contributed by atoms with E-state index in [4.69, 9.17) is 16.3 Å². The molecule has 0 unspecified atom stereocenters. The van der Waals surface area contributed by atoms with Gasteiger partial charge < -0.3 is 4.74 Å². The Morgan fingerprint density at radius 2 is 1.82 bits per heavy atom. The van der Waals surface area contributed by atoms with E-state index in [9.17, 15) is 9.59 Å². The highest BCUT2D eigenvalue weighted by molar-refractivity contribution is 6.32. The highest BCUT2D eigenvalue weighted by atomic mass is 35.5. The van der Waals surface area contributed by atoms with Gasteiger partial charge in [-0.2, -0.15) is 0 Å². The molecule has 17 heavy (non-hydrogen) atoms. The molecular weight excluding hydrogens is 242 g/mol. The molecule has 1 aliphatic heterocycles. The molecule has 5 heteroatoms. The number of imide groups is 1. The monoisotopic (exact) mass is 253 g/mol. The number of methoxy groups -OCH3 is 1. The van der Waals surface area contributed by atoms with Gasteiger partial charge in [0.2, 0.25) is 11.8 Å². The third-order valence-electron chi connectivity index (χ3n) is 2.75. The molecule has 0 atom stereocenters. The smallest absolute Gasteiger partial charge is 0.234 e. The minimum absolute atomic E-state index is 0.199. The van der Waals surface area contributed by atoms with E-state index in [1.807, 2.05) is 6.92 Å². The number of aryl methyl sites for hydroxylation is 1. The summed E-state index contributed by atoms with van der Waals surface area (Å²) in [6, 6.07) is 3.31. The van der Waals surface area contributed by atoms with Crippen molar-refractivity contribution < 1.29 is 14.3 Å². The molecule has 1 fully saturated rings. The lowest BCUT2D eigenvalue weighted by Gasteiger charge is -2.18. The van der Waals surface area contributed by atoms with Gasteiger partial charge in [-0.05, 0) is 18.6 Å². The van der Waals surface area contributed by atoms with E-state index in [0.717, 1.165) is 5.56 Å². The number of rotatable bonds is 2. The Morgan fingerprint density at radius 3 is 2.35 bits per heavy atom. The largest absolute Gasteiger partial charge is 0.495 e. The SMILES string of the molecule is COc1cc(Cl)c(C)cc1N1C(=O)CCC1=O. The number of ether oxygens (including phenoxy) is 1. The lowest BCUT2D eigenvalue weighted by Crippen LogP contribution is -2.29. The second-order valence-electron chi connectivity index (χ2n) is 3.90. The van der Waals surface area contributed by atoms with Crippen LogP contribution in [0.1, 0.15) is 18.4 Å². The molecule has 0 aromatic heterocycles. The molecular formula is C12H12ClNO3. The van der Waals surface area contributed by atoms with Crippen molar-refractivity contribution in [3.63, 3.8) is 0 Å². The molecule has 0 radical (unpaired) electrons. The van der Waals surface area contributed by atoms with Crippen LogP contribution in [0.4, 0.5) is 5.69 Å². The van der Waals surface area contributed by atoms with Crippen LogP contribution < -0.4 is 9.64 Å². The maximum Gasteiger partial charge on any atom is 0.234 e. The lowest BCUT2D eigenvalue weighted by molar-refractivity contribution is -0.121. The van der Waals surface area contributed by atoms with Crippen molar-refractivity contribution in [2.75, 3.05) is 12.0 Å². The van der Waals surface area contributed by atoms with Crippen molar-refractivity contribution in [3.8, 4) is 5.75 Å². The zero-order chi connectivity index (χ0) is 12.6. The Hall–Kier alpha value is -1.55. The first-order valence-electron chi connectivity index (χ1n) is 5.24. The number of benzene rings is 1. The molecule has 1 aromatic rings. The number of amides is 2. The van der Waals surface area contributed by atoms with Crippen LogP contribution in [0.2, 0.25) is 5.02 Å².